The first-order valence-electron chi connectivity index (χ1n) is 9.04. The second-order valence-corrected chi connectivity index (χ2v) is 7.55. The largest absolute Gasteiger partial charge is 0.488 e. The summed E-state index contributed by atoms with van der Waals surface area (Å²) in [4.78, 5) is 13.4. The molecule has 2 heterocycles. The van der Waals surface area contributed by atoms with E-state index in [1.54, 1.807) is 18.2 Å². The minimum absolute atomic E-state index is 0.0872. The molecule has 0 amide bonds. The van der Waals surface area contributed by atoms with E-state index in [-0.39, 0.29) is 11.9 Å². The van der Waals surface area contributed by atoms with E-state index in [4.69, 9.17) is 9.47 Å². The molecule has 0 bridgehead atoms. The van der Waals surface area contributed by atoms with Crippen LogP contribution in [0.4, 0.5) is 4.39 Å². The van der Waals surface area contributed by atoms with E-state index in [9.17, 15) is 9.65 Å². The van der Waals surface area contributed by atoms with E-state index in [2.05, 4.69) is 21.0 Å². The molecule has 2 aromatic heterocycles. The zero-order valence-corrected chi connectivity index (χ0v) is 16.9. The highest BCUT2D eigenvalue weighted by Gasteiger charge is 2.17. The number of aromatic nitrogens is 3. The number of thiazole rings is 1. The van der Waals surface area contributed by atoms with Gasteiger partial charge in [0.2, 0.25) is 5.88 Å². The topological polar surface area (TPSA) is 80.9 Å². The van der Waals surface area contributed by atoms with Gasteiger partial charge in [-0.15, -0.1) is 11.3 Å². The van der Waals surface area contributed by atoms with Crippen LogP contribution in [0.2, 0.25) is 0 Å². The molecule has 0 N–H and O–H groups in total. The molecular weight excluding hydrogens is 391 g/mol. The molecule has 29 heavy (non-hydrogen) atoms. The van der Waals surface area contributed by atoms with Gasteiger partial charge in [0.05, 0.1) is 52.3 Å². The lowest BCUT2D eigenvalue weighted by molar-refractivity contribution is 0.208. The molecule has 0 spiro atoms. The molecule has 0 fully saturated rings. The van der Waals surface area contributed by atoms with E-state index in [0.29, 0.717) is 38.6 Å². The molecule has 0 aliphatic heterocycles. The Morgan fingerprint density at radius 3 is 2.76 bits per heavy atom. The van der Waals surface area contributed by atoms with Gasteiger partial charge < -0.3 is 9.47 Å². The molecule has 146 valence electrons. The number of benzene rings is 2. The summed E-state index contributed by atoms with van der Waals surface area (Å²) < 4.78 is 26.0. The van der Waals surface area contributed by atoms with Crippen LogP contribution >= 0.6 is 11.3 Å². The van der Waals surface area contributed by atoms with E-state index >= 15 is 0 Å². The number of nitrogens with zero attached hydrogens (tertiary/aromatic N) is 4. The lowest BCUT2D eigenvalue weighted by Crippen LogP contribution is -2.10. The van der Waals surface area contributed by atoms with Crippen molar-refractivity contribution in [1.29, 1.82) is 5.26 Å². The summed E-state index contributed by atoms with van der Waals surface area (Å²) in [5.41, 5.74) is 2.75. The van der Waals surface area contributed by atoms with Gasteiger partial charge in [0.1, 0.15) is 5.01 Å². The smallest absolute Gasteiger partial charge is 0.232 e. The third-order valence-electron chi connectivity index (χ3n) is 4.54. The van der Waals surface area contributed by atoms with Gasteiger partial charge in [0.15, 0.2) is 11.6 Å². The number of rotatable bonds is 5. The monoisotopic (exact) mass is 408 g/mol. The van der Waals surface area contributed by atoms with Gasteiger partial charge in [-0.25, -0.2) is 19.3 Å². The summed E-state index contributed by atoms with van der Waals surface area (Å²) in [6.45, 7) is 3.88. The van der Waals surface area contributed by atoms with Gasteiger partial charge >= 0.3 is 0 Å². The van der Waals surface area contributed by atoms with Crippen molar-refractivity contribution in [3.05, 3.63) is 41.8 Å². The molecule has 8 heteroatoms. The lowest BCUT2D eigenvalue weighted by Gasteiger charge is -2.12. The molecule has 0 aliphatic rings. The van der Waals surface area contributed by atoms with Gasteiger partial charge in [0.25, 0.3) is 0 Å². The van der Waals surface area contributed by atoms with Crippen molar-refractivity contribution in [2.24, 2.45) is 0 Å². The van der Waals surface area contributed by atoms with Crippen LogP contribution in [-0.4, -0.2) is 28.2 Å². The fourth-order valence-electron chi connectivity index (χ4n) is 2.87. The summed E-state index contributed by atoms with van der Waals surface area (Å²) in [5, 5.41) is 10.0. The molecule has 6 nitrogen and oxygen atoms in total. The van der Waals surface area contributed by atoms with Crippen LogP contribution in [-0.2, 0) is 0 Å². The molecule has 0 radical (unpaired) electrons. The maximum Gasteiger partial charge on any atom is 0.232 e. The van der Waals surface area contributed by atoms with Gasteiger partial charge in [-0.1, -0.05) is 6.92 Å². The number of ether oxygens (including phenoxy) is 2. The first-order valence-corrected chi connectivity index (χ1v) is 9.86. The Hall–Kier alpha value is -3.31. The third-order valence-corrected chi connectivity index (χ3v) is 5.59. The fraction of sp³-hybridized carbons (Fsp3) is 0.238. The summed E-state index contributed by atoms with van der Waals surface area (Å²) in [5.74, 6) is 0.119. The van der Waals surface area contributed by atoms with Gasteiger partial charge in [-0.05, 0) is 25.5 Å². The summed E-state index contributed by atoms with van der Waals surface area (Å²) in [6, 6.07) is 8.55. The Morgan fingerprint density at radius 2 is 2.03 bits per heavy atom. The molecule has 1 atom stereocenters. The van der Waals surface area contributed by atoms with Gasteiger partial charge in [0, 0.05) is 17.7 Å². The number of methoxy groups -OCH3 is 1. The maximum absolute atomic E-state index is 14.4. The standard InChI is InChI=1S/C21H17FN4O2S/c1-4-11(2)28-17-8-18-15(7-14(17)22)26-21(29-18)13-5-12(9-23)6-16-20(13)24-10-19(25-16)27-3/h5-8,10-11H,4H2,1-3H3/t11-/m0/s1. The van der Waals surface area contributed by atoms with Crippen LogP contribution in [0.25, 0.3) is 31.8 Å². The van der Waals surface area contributed by atoms with E-state index < -0.39 is 5.82 Å². The van der Waals surface area contributed by atoms with Crippen molar-refractivity contribution in [3.8, 4) is 28.3 Å². The molecule has 0 saturated carbocycles. The summed E-state index contributed by atoms with van der Waals surface area (Å²) in [6.07, 6.45) is 2.21. The quantitative estimate of drug-likeness (QED) is 0.457. The molecule has 0 saturated heterocycles. The maximum atomic E-state index is 14.4. The Kier molecular flexibility index (Phi) is 4.99. The third kappa shape index (κ3) is 3.57. The average molecular weight is 408 g/mol. The second kappa shape index (κ2) is 7.60. The molecular formula is C21H17FN4O2S. The summed E-state index contributed by atoms with van der Waals surface area (Å²) >= 11 is 1.39. The molecule has 4 rings (SSSR count). The zero-order valence-electron chi connectivity index (χ0n) is 16.1. The lowest BCUT2D eigenvalue weighted by atomic mass is 10.1. The number of hydrogen-bond donors (Lipinski definition) is 0. The predicted molar refractivity (Wildman–Crippen MR) is 110 cm³/mol. The molecule has 4 aromatic rings. The highest BCUT2D eigenvalue weighted by Crippen LogP contribution is 2.37. The Labute approximate surface area is 170 Å². The highest BCUT2D eigenvalue weighted by molar-refractivity contribution is 7.21. The Morgan fingerprint density at radius 1 is 1.21 bits per heavy atom. The van der Waals surface area contributed by atoms with Crippen molar-refractivity contribution in [3.63, 3.8) is 0 Å². The first-order chi connectivity index (χ1) is 14.0. The van der Waals surface area contributed by atoms with Crippen LogP contribution in [0.3, 0.4) is 0 Å². The van der Waals surface area contributed by atoms with Crippen molar-refractivity contribution in [2.45, 2.75) is 26.4 Å². The van der Waals surface area contributed by atoms with Crippen LogP contribution < -0.4 is 9.47 Å². The van der Waals surface area contributed by atoms with Crippen molar-refractivity contribution < 1.29 is 13.9 Å². The van der Waals surface area contributed by atoms with Crippen molar-refractivity contribution in [2.75, 3.05) is 7.11 Å². The van der Waals surface area contributed by atoms with Crippen LogP contribution in [0, 0.1) is 17.1 Å². The van der Waals surface area contributed by atoms with Gasteiger partial charge in [-0.3, -0.25) is 0 Å². The molecule has 2 aromatic carbocycles. The Balaban J connectivity index is 1.88. The number of fused-ring (bicyclic) bond motifs is 2. The van der Waals surface area contributed by atoms with Crippen molar-refractivity contribution in [1.82, 2.24) is 15.0 Å². The molecule has 0 aliphatic carbocycles. The number of halogens is 1. The first kappa shape index (κ1) is 19.0. The van der Waals surface area contributed by atoms with E-state index in [1.807, 2.05) is 13.8 Å². The normalized spacial score (nSPS) is 12.1. The second-order valence-electron chi connectivity index (χ2n) is 6.52. The number of nitriles is 1. The van der Waals surface area contributed by atoms with Crippen LogP contribution in [0.1, 0.15) is 25.8 Å². The van der Waals surface area contributed by atoms with Gasteiger partial charge in [-0.2, -0.15) is 5.26 Å². The molecule has 0 unspecified atom stereocenters. The van der Waals surface area contributed by atoms with E-state index in [0.717, 1.165) is 11.1 Å². The average Bonchev–Trinajstić information content (AvgIpc) is 3.14. The zero-order chi connectivity index (χ0) is 20.5. The van der Waals surface area contributed by atoms with E-state index in [1.165, 1.54) is 30.7 Å². The summed E-state index contributed by atoms with van der Waals surface area (Å²) in [7, 11) is 1.51. The highest BCUT2D eigenvalue weighted by atomic mass is 32.1. The van der Waals surface area contributed by atoms with Crippen LogP contribution in [0.5, 0.6) is 11.6 Å². The van der Waals surface area contributed by atoms with Crippen molar-refractivity contribution >= 4 is 32.6 Å². The predicted octanol–water partition coefficient (Wildman–Crippen LogP) is 5.10. The minimum Gasteiger partial charge on any atom is -0.488 e. The SMILES string of the molecule is CC[C@H](C)Oc1cc2sc(-c3cc(C#N)cc4nc(OC)cnc34)nc2cc1F. The Bertz CT molecular complexity index is 1270. The fourth-order valence-corrected chi connectivity index (χ4v) is 3.86. The van der Waals surface area contributed by atoms with Crippen LogP contribution in [0.15, 0.2) is 30.5 Å². The minimum atomic E-state index is -0.449. The number of hydrogen-bond acceptors (Lipinski definition) is 7.